The maximum absolute atomic E-state index is 10.9. The molecule has 3 N–H and O–H groups in total. The van der Waals surface area contributed by atoms with Gasteiger partial charge in [0.15, 0.2) is 0 Å². The molecule has 21 heavy (non-hydrogen) atoms. The van der Waals surface area contributed by atoms with Crippen molar-refractivity contribution in [3.05, 3.63) is 48.0 Å². The van der Waals surface area contributed by atoms with E-state index in [-0.39, 0.29) is 0 Å². The van der Waals surface area contributed by atoms with Crippen molar-refractivity contribution < 1.29 is 13.5 Å². The minimum absolute atomic E-state index is 0.309. The lowest BCUT2D eigenvalue weighted by Crippen LogP contribution is -2.32. The van der Waals surface area contributed by atoms with Crippen LogP contribution < -0.4 is 10.0 Å². The fourth-order valence-corrected chi connectivity index (χ4v) is 2.57. The molecule has 0 spiro atoms. The van der Waals surface area contributed by atoms with Crippen LogP contribution in [0.4, 0.5) is 0 Å². The van der Waals surface area contributed by atoms with Crippen LogP contribution in [-0.2, 0) is 10.0 Å². The molecule has 0 fully saturated rings. The Labute approximate surface area is 125 Å². The predicted molar refractivity (Wildman–Crippen MR) is 84.6 cm³/mol. The van der Waals surface area contributed by atoms with E-state index in [2.05, 4.69) is 10.0 Å². The van der Waals surface area contributed by atoms with Gasteiger partial charge in [-0.15, -0.1) is 0 Å². The van der Waals surface area contributed by atoms with Crippen molar-refractivity contribution in [3.8, 4) is 0 Å². The van der Waals surface area contributed by atoms with Crippen molar-refractivity contribution in [2.24, 2.45) is 0 Å². The molecule has 2 aromatic carbocycles. The monoisotopic (exact) mass is 308 g/mol. The zero-order valence-corrected chi connectivity index (χ0v) is 12.7. The number of aliphatic hydroxyl groups excluding tert-OH is 1. The predicted octanol–water partition coefficient (Wildman–Crippen LogP) is 1.01. The standard InChI is InChI=1S/C15H20N2O3S/c1-21(19,20)17-9-8-16-11-15(18)14-7-6-12-4-2-3-5-13(12)10-14/h2-7,10,15-18H,8-9,11H2,1H3. The first-order chi connectivity index (χ1) is 9.96. The van der Waals surface area contributed by atoms with E-state index in [1.807, 2.05) is 42.5 Å². The Morgan fingerprint density at radius 2 is 1.81 bits per heavy atom. The molecule has 1 unspecified atom stereocenters. The topological polar surface area (TPSA) is 78.4 Å². The Morgan fingerprint density at radius 1 is 1.10 bits per heavy atom. The van der Waals surface area contributed by atoms with Gasteiger partial charge in [0.05, 0.1) is 12.4 Å². The molecule has 2 rings (SSSR count). The highest BCUT2D eigenvalue weighted by Crippen LogP contribution is 2.19. The van der Waals surface area contributed by atoms with Gasteiger partial charge < -0.3 is 10.4 Å². The molecule has 0 aliphatic carbocycles. The van der Waals surface area contributed by atoms with E-state index in [9.17, 15) is 13.5 Å². The number of nitrogens with one attached hydrogen (secondary N) is 2. The molecule has 6 heteroatoms. The van der Waals surface area contributed by atoms with Gasteiger partial charge in [0, 0.05) is 19.6 Å². The van der Waals surface area contributed by atoms with E-state index in [4.69, 9.17) is 0 Å². The summed E-state index contributed by atoms with van der Waals surface area (Å²) in [6.45, 7) is 1.16. The van der Waals surface area contributed by atoms with Gasteiger partial charge in [-0.1, -0.05) is 36.4 Å². The SMILES string of the molecule is CS(=O)(=O)NCCNCC(O)c1ccc2ccccc2c1. The molecule has 1 atom stereocenters. The van der Waals surface area contributed by atoms with Gasteiger partial charge in [-0.2, -0.15) is 0 Å². The van der Waals surface area contributed by atoms with E-state index < -0.39 is 16.1 Å². The molecule has 0 aliphatic heterocycles. The van der Waals surface area contributed by atoms with E-state index in [1.165, 1.54) is 0 Å². The number of benzene rings is 2. The largest absolute Gasteiger partial charge is 0.387 e. The molecule has 0 amide bonds. The normalized spacial score (nSPS) is 13.4. The lowest BCUT2D eigenvalue weighted by Gasteiger charge is -2.13. The first-order valence-corrected chi connectivity index (χ1v) is 8.67. The highest BCUT2D eigenvalue weighted by Gasteiger charge is 2.07. The van der Waals surface area contributed by atoms with E-state index in [1.54, 1.807) is 0 Å². The minimum Gasteiger partial charge on any atom is -0.387 e. The zero-order valence-electron chi connectivity index (χ0n) is 11.9. The Bertz CT molecular complexity index is 701. The fourth-order valence-electron chi connectivity index (χ4n) is 2.10. The van der Waals surface area contributed by atoms with Gasteiger partial charge in [0.1, 0.15) is 0 Å². The zero-order chi connectivity index (χ0) is 15.3. The van der Waals surface area contributed by atoms with Crippen molar-refractivity contribution >= 4 is 20.8 Å². The van der Waals surface area contributed by atoms with Crippen molar-refractivity contribution in [3.63, 3.8) is 0 Å². The summed E-state index contributed by atoms with van der Waals surface area (Å²) in [4.78, 5) is 0. The Kier molecular flexibility index (Phi) is 5.30. The first kappa shape index (κ1) is 15.9. The molecule has 0 radical (unpaired) electrons. The summed E-state index contributed by atoms with van der Waals surface area (Å²) in [5.41, 5.74) is 0.845. The van der Waals surface area contributed by atoms with Crippen LogP contribution >= 0.6 is 0 Å². The highest BCUT2D eigenvalue weighted by atomic mass is 32.2. The van der Waals surface area contributed by atoms with Gasteiger partial charge in [-0.25, -0.2) is 13.1 Å². The summed E-state index contributed by atoms with van der Waals surface area (Å²) in [6, 6.07) is 13.8. The van der Waals surface area contributed by atoms with Crippen molar-refractivity contribution in [2.45, 2.75) is 6.10 Å². The Hall–Kier alpha value is -1.47. The Balaban J connectivity index is 1.86. The van der Waals surface area contributed by atoms with Gasteiger partial charge in [-0.3, -0.25) is 0 Å². The van der Waals surface area contributed by atoms with Crippen LogP contribution in [-0.4, -0.2) is 39.4 Å². The van der Waals surface area contributed by atoms with Crippen LogP contribution in [0.25, 0.3) is 10.8 Å². The van der Waals surface area contributed by atoms with Gasteiger partial charge >= 0.3 is 0 Å². The number of hydrogen-bond donors (Lipinski definition) is 3. The maximum Gasteiger partial charge on any atom is 0.208 e. The molecule has 0 saturated carbocycles. The third-order valence-electron chi connectivity index (χ3n) is 3.16. The van der Waals surface area contributed by atoms with Crippen LogP contribution in [0.3, 0.4) is 0 Å². The second kappa shape index (κ2) is 7.00. The minimum atomic E-state index is -3.15. The molecular formula is C15H20N2O3S. The number of aliphatic hydroxyl groups is 1. The summed E-state index contributed by atoms with van der Waals surface area (Å²) in [5.74, 6) is 0. The number of rotatable bonds is 7. The van der Waals surface area contributed by atoms with Crippen LogP contribution in [0.1, 0.15) is 11.7 Å². The molecule has 0 aromatic heterocycles. The molecule has 0 aliphatic rings. The second-order valence-electron chi connectivity index (χ2n) is 4.99. The van der Waals surface area contributed by atoms with Gasteiger partial charge in [0.2, 0.25) is 10.0 Å². The Morgan fingerprint density at radius 3 is 2.52 bits per heavy atom. The molecule has 0 saturated heterocycles. The number of fused-ring (bicyclic) bond motifs is 1. The molecule has 0 heterocycles. The quantitative estimate of drug-likeness (QED) is 0.667. The van der Waals surface area contributed by atoms with E-state index in [0.717, 1.165) is 22.6 Å². The molecule has 0 bridgehead atoms. The van der Waals surface area contributed by atoms with Crippen LogP contribution in [0.5, 0.6) is 0 Å². The van der Waals surface area contributed by atoms with Crippen molar-refractivity contribution in [1.82, 2.24) is 10.0 Å². The maximum atomic E-state index is 10.9. The smallest absolute Gasteiger partial charge is 0.208 e. The van der Waals surface area contributed by atoms with Gasteiger partial charge in [0.25, 0.3) is 0 Å². The first-order valence-electron chi connectivity index (χ1n) is 6.78. The lowest BCUT2D eigenvalue weighted by atomic mass is 10.0. The summed E-state index contributed by atoms with van der Waals surface area (Å²) in [7, 11) is -3.15. The van der Waals surface area contributed by atoms with Crippen LogP contribution in [0.15, 0.2) is 42.5 Å². The summed E-state index contributed by atoms with van der Waals surface area (Å²) < 4.78 is 24.2. The number of hydrogen-bond acceptors (Lipinski definition) is 4. The highest BCUT2D eigenvalue weighted by molar-refractivity contribution is 7.88. The van der Waals surface area contributed by atoms with Gasteiger partial charge in [-0.05, 0) is 22.4 Å². The molecule has 114 valence electrons. The van der Waals surface area contributed by atoms with E-state index >= 15 is 0 Å². The second-order valence-corrected chi connectivity index (χ2v) is 6.83. The van der Waals surface area contributed by atoms with Crippen LogP contribution in [0, 0.1) is 0 Å². The average Bonchev–Trinajstić information content (AvgIpc) is 2.45. The molecule has 5 nitrogen and oxygen atoms in total. The third-order valence-corrected chi connectivity index (χ3v) is 3.89. The lowest BCUT2D eigenvalue weighted by molar-refractivity contribution is 0.175. The molecular weight excluding hydrogens is 288 g/mol. The van der Waals surface area contributed by atoms with Crippen molar-refractivity contribution in [2.75, 3.05) is 25.9 Å². The summed E-state index contributed by atoms with van der Waals surface area (Å²) >= 11 is 0. The number of sulfonamides is 1. The average molecular weight is 308 g/mol. The summed E-state index contributed by atoms with van der Waals surface area (Å²) in [6.07, 6.45) is 0.504. The van der Waals surface area contributed by atoms with E-state index in [0.29, 0.717) is 19.6 Å². The summed E-state index contributed by atoms with van der Waals surface area (Å²) in [5, 5.41) is 15.4. The van der Waals surface area contributed by atoms with Crippen LogP contribution in [0.2, 0.25) is 0 Å². The fraction of sp³-hybridized carbons (Fsp3) is 0.333. The molecule has 2 aromatic rings. The third kappa shape index (κ3) is 5.09. The van der Waals surface area contributed by atoms with Crippen molar-refractivity contribution in [1.29, 1.82) is 0 Å².